The van der Waals surface area contributed by atoms with Crippen molar-refractivity contribution in [3.63, 3.8) is 0 Å². The monoisotopic (exact) mass is 216 g/mol. The fourth-order valence-electron chi connectivity index (χ4n) is 1.38. The van der Waals surface area contributed by atoms with Gasteiger partial charge in [-0.3, -0.25) is 4.79 Å². The van der Waals surface area contributed by atoms with Crippen LogP contribution in [0.25, 0.3) is 0 Å². The second-order valence-electron chi connectivity index (χ2n) is 3.12. The second-order valence-corrected chi connectivity index (χ2v) is 3.12. The topological polar surface area (TPSA) is 41.1 Å². The molecule has 0 spiro atoms. The molecule has 15 heavy (non-hydrogen) atoms. The lowest BCUT2D eigenvalue weighted by Gasteiger charge is -2.19. The van der Waals surface area contributed by atoms with Gasteiger partial charge in [0.1, 0.15) is 0 Å². The first-order valence-corrected chi connectivity index (χ1v) is 4.22. The average Bonchev–Trinajstić information content (AvgIpc) is 2.16. The second kappa shape index (κ2) is 3.15. The molecule has 1 aromatic carbocycles. The molecule has 0 bridgehead atoms. The van der Waals surface area contributed by atoms with Gasteiger partial charge in [0.05, 0.1) is 17.8 Å². The van der Waals surface area contributed by atoms with Gasteiger partial charge in [-0.25, -0.2) is 0 Å². The van der Waals surface area contributed by atoms with Crippen LogP contribution >= 0.6 is 0 Å². The highest BCUT2D eigenvalue weighted by Gasteiger charge is 2.31. The molecule has 1 aromatic rings. The van der Waals surface area contributed by atoms with Gasteiger partial charge in [0.2, 0.25) is 0 Å². The van der Waals surface area contributed by atoms with Gasteiger partial charge >= 0.3 is 6.18 Å². The van der Waals surface area contributed by atoms with Gasteiger partial charge in [-0.05, 0) is 18.2 Å². The van der Waals surface area contributed by atoms with Gasteiger partial charge in [0.25, 0.3) is 5.91 Å². The Labute approximate surface area is 83.3 Å². The molecule has 0 saturated carbocycles. The van der Waals surface area contributed by atoms with Crippen molar-refractivity contribution in [1.82, 2.24) is 5.32 Å². The van der Waals surface area contributed by atoms with Crippen molar-refractivity contribution in [2.75, 3.05) is 12.0 Å². The number of amides is 1. The summed E-state index contributed by atoms with van der Waals surface area (Å²) in [6, 6.07) is 3.00. The van der Waals surface area contributed by atoms with Gasteiger partial charge in [-0.1, -0.05) is 0 Å². The summed E-state index contributed by atoms with van der Waals surface area (Å²) in [5, 5.41) is 5.14. The summed E-state index contributed by atoms with van der Waals surface area (Å²) in [6.45, 7) is 0.146. The molecule has 0 saturated heterocycles. The molecular weight excluding hydrogens is 209 g/mol. The summed E-state index contributed by atoms with van der Waals surface area (Å²) in [5.41, 5.74) is -0.314. The number of nitrogens with one attached hydrogen (secondary N) is 2. The molecule has 2 rings (SSSR count). The van der Waals surface area contributed by atoms with E-state index in [0.717, 1.165) is 12.1 Å². The van der Waals surface area contributed by atoms with Crippen LogP contribution in [0.2, 0.25) is 0 Å². The number of halogens is 3. The number of carbonyl (C=O) groups is 1. The predicted molar refractivity (Wildman–Crippen MR) is 47.4 cm³/mol. The van der Waals surface area contributed by atoms with Crippen LogP contribution < -0.4 is 10.6 Å². The molecule has 0 fully saturated rings. The fourth-order valence-corrected chi connectivity index (χ4v) is 1.38. The highest BCUT2D eigenvalue weighted by molar-refractivity contribution is 6.01. The van der Waals surface area contributed by atoms with E-state index in [1.165, 1.54) is 6.07 Å². The molecule has 0 atom stereocenters. The van der Waals surface area contributed by atoms with E-state index in [2.05, 4.69) is 10.6 Å². The predicted octanol–water partition coefficient (Wildman–Crippen LogP) is 1.82. The van der Waals surface area contributed by atoms with Crippen LogP contribution in [0.4, 0.5) is 18.9 Å². The third-order valence-corrected chi connectivity index (χ3v) is 2.12. The molecule has 0 aromatic heterocycles. The molecule has 1 heterocycles. The Bertz CT molecular complexity index is 414. The molecule has 0 unspecified atom stereocenters. The zero-order valence-electron chi connectivity index (χ0n) is 7.48. The van der Waals surface area contributed by atoms with Crippen molar-refractivity contribution in [2.24, 2.45) is 0 Å². The Morgan fingerprint density at radius 1 is 1.20 bits per heavy atom. The van der Waals surface area contributed by atoms with Crippen LogP contribution in [0.15, 0.2) is 18.2 Å². The molecule has 2 N–H and O–H groups in total. The van der Waals surface area contributed by atoms with Crippen molar-refractivity contribution in [2.45, 2.75) is 6.18 Å². The van der Waals surface area contributed by atoms with Crippen LogP contribution in [0.3, 0.4) is 0 Å². The summed E-state index contributed by atoms with van der Waals surface area (Å²) in [5.74, 6) is -0.363. The van der Waals surface area contributed by atoms with E-state index >= 15 is 0 Å². The minimum atomic E-state index is -4.38. The number of rotatable bonds is 0. The Morgan fingerprint density at radius 3 is 2.60 bits per heavy atom. The van der Waals surface area contributed by atoms with Gasteiger partial charge < -0.3 is 10.6 Å². The van der Waals surface area contributed by atoms with Crippen molar-refractivity contribution in [3.05, 3.63) is 29.3 Å². The summed E-state index contributed by atoms with van der Waals surface area (Å²) in [6.07, 6.45) is -4.38. The molecule has 1 aliphatic heterocycles. The number of fused-ring (bicyclic) bond motifs is 1. The lowest BCUT2D eigenvalue weighted by Crippen LogP contribution is -2.34. The standard InChI is InChI=1S/C9H7F3N2O/c10-9(11,12)5-1-2-6-7(3-5)13-4-14-8(6)15/h1-3,13H,4H2,(H,14,15). The van der Waals surface area contributed by atoms with Crippen LogP contribution in [0, 0.1) is 0 Å². The first kappa shape index (κ1) is 9.82. The lowest BCUT2D eigenvalue weighted by molar-refractivity contribution is -0.137. The van der Waals surface area contributed by atoms with Gasteiger partial charge in [0, 0.05) is 5.69 Å². The first-order chi connectivity index (χ1) is 6.98. The van der Waals surface area contributed by atoms with E-state index in [4.69, 9.17) is 0 Å². The Morgan fingerprint density at radius 2 is 1.93 bits per heavy atom. The molecule has 80 valence electrons. The minimum absolute atomic E-state index is 0.146. The van der Waals surface area contributed by atoms with Gasteiger partial charge in [-0.15, -0.1) is 0 Å². The number of carbonyl (C=O) groups excluding carboxylic acids is 1. The first-order valence-electron chi connectivity index (χ1n) is 4.22. The summed E-state index contributed by atoms with van der Waals surface area (Å²) < 4.78 is 37.0. The van der Waals surface area contributed by atoms with E-state index < -0.39 is 11.7 Å². The maximum Gasteiger partial charge on any atom is 0.416 e. The number of anilines is 1. The Balaban J connectivity index is 2.46. The molecule has 6 heteroatoms. The lowest BCUT2D eigenvalue weighted by atomic mass is 10.1. The zero-order valence-corrected chi connectivity index (χ0v) is 7.48. The van der Waals surface area contributed by atoms with Crippen molar-refractivity contribution >= 4 is 11.6 Å². The minimum Gasteiger partial charge on any atom is -0.367 e. The number of alkyl halides is 3. The molecule has 3 nitrogen and oxygen atoms in total. The maximum atomic E-state index is 12.3. The number of hydrogen-bond donors (Lipinski definition) is 2. The zero-order chi connectivity index (χ0) is 11.1. The Hall–Kier alpha value is -1.72. The van der Waals surface area contributed by atoms with Crippen molar-refractivity contribution in [1.29, 1.82) is 0 Å². The van der Waals surface area contributed by atoms with Gasteiger partial charge in [0.15, 0.2) is 0 Å². The highest BCUT2D eigenvalue weighted by atomic mass is 19.4. The summed E-state index contributed by atoms with van der Waals surface area (Å²) >= 11 is 0. The summed E-state index contributed by atoms with van der Waals surface area (Å²) in [4.78, 5) is 11.2. The third kappa shape index (κ3) is 1.74. The maximum absolute atomic E-state index is 12.3. The normalized spacial score (nSPS) is 15.3. The Kier molecular flexibility index (Phi) is 2.06. The number of hydrogen-bond acceptors (Lipinski definition) is 2. The van der Waals surface area contributed by atoms with Crippen molar-refractivity contribution < 1.29 is 18.0 Å². The van der Waals surface area contributed by atoms with E-state index in [0.29, 0.717) is 0 Å². The molecule has 1 amide bonds. The van der Waals surface area contributed by atoms with E-state index in [-0.39, 0.29) is 23.8 Å². The third-order valence-electron chi connectivity index (χ3n) is 2.12. The average molecular weight is 216 g/mol. The SMILES string of the molecule is O=C1NCNc2cc(C(F)(F)F)ccc21. The quantitative estimate of drug-likeness (QED) is 0.694. The fraction of sp³-hybridized carbons (Fsp3) is 0.222. The highest BCUT2D eigenvalue weighted by Crippen LogP contribution is 2.32. The van der Waals surface area contributed by atoms with E-state index in [1.54, 1.807) is 0 Å². The smallest absolute Gasteiger partial charge is 0.367 e. The molecular formula is C9H7F3N2O. The molecule has 1 aliphatic rings. The van der Waals surface area contributed by atoms with Gasteiger partial charge in [-0.2, -0.15) is 13.2 Å². The molecule has 0 radical (unpaired) electrons. The largest absolute Gasteiger partial charge is 0.416 e. The van der Waals surface area contributed by atoms with Crippen LogP contribution in [-0.4, -0.2) is 12.6 Å². The molecule has 0 aliphatic carbocycles. The van der Waals surface area contributed by atoms with E-state index in [1.807, 2.05) is 0 Å². The van der Waals surface area contributed by atoms with Crippen molar-refractivity contribution in [3.8, 4) is 0 Å². The van der Waals surface area contributed by atoms with E-state index in [9.17, 15) is 18.0 Å². The van der Waals surface area contributed by atoms with Crippen LogP contribution in [0.5, 0.6) is 0 Å². The van der Waals surface area contributed by atoms with Crippen LogP contribution in [0.1, 0.15) is 15.9 Å². The summed E-state index contributed by atoms with van der Waals surface area (Å²) in [7, 11) is 0. The van der Waals surface area contributed by atoms with Crippen LogP contribution in [-0.2, 0) is 6.18 Å². The number of benzene rings is 1.